The van der Waals surface area contributed by atoms with Gasteiger partial charge in [0.1, 0.15) is 6.33 Å². The fraction of sp³-hybridized carbons (Fsp3) is 0.636. The van der Waals surface area contributed by atoms with Crippen LogP contribution >= 0.6 is 0 Å². The van der Waals surface area contributed by atoms with E-state index in [0.717, 1.165) is 12.5 Å². The molecule has 0 radical (unpaired) electrons. The molecule has 18 heavy (non-hydrogen) atoms. The van der Waals surface area contributed by atoms with E-state index in [-0.39, 0.29) is 0 Å². The van der Waals surface area contributed by atoms with E-state index in [2.05, 4.69) is 20.7 Å². The summed E-state index contributed by atoms with van der Waals surface area (Å²) in [6, 6.07) is 0. The minimum absolute atomic E-state index is 0.453. The Hall–Kier alpha value is -1.60. The van der Waals surface area contributed by atoms with Crippen molar-refractivity contribution >= 4 is 11.6 Å². The molecule has 0 aromatic carbocycles. The summed E-state index contributed by atoms with van der Waals surface area (Å²) >= 11 is 0. The number of anilines is 2. The first-order valence-electron chi connectivity index (χ1n) is 6.02. The quantitative estimate of drug-likeness (QED) is 0.355. The highest BCUT2D eigenvalue weighted by atomic mass is 16.5. The topological polar surface area (TPSA) is 94.3 Å². The van der Waals surface area contributed by atoms with Crippen molar-refractivity contribution in [1.82, 2.24) is 9.97 Å². The molecule has 4 N–H and O–H groups in total. The van der Waals surface area contributed by atoms with Crippen LogP contribution in [-0.2, 0) is 4.74 Å². The van der Waals surface area contributed by atoms with Gasteiger partial charge in [0.15, 0.2) is 11.6 Å². The molecule has 1 saturated carbocycles. The van der Waals surface area contributed by atoms with Crippen LogP contribution in [0.4, 0.5) is 11.6 Å². The van der Waals surface area contributed by atoms with Gasteiger partial charge in [-0.15, -0.1) is 0 Å². The van der Waals surface area contributed by atoms with E-state index in [1.54, 1.807) is 7.11 Å². The van der Waals surface area contributed by atoms with Gasteiger partial charge < -0.3 is 20.2 Å². The summed E-state index contributed by atoms with van der Waals surface area (Å²) in [5.41, 5.74) is 2.46. The van der Waals surface area contributed by atoms with Gasteiger partial charge in [-0.3, -0.25) is 0 Å². The third-order valence-corrected chi connectivity index (χ3v) is 2.73. The van der Waals surface area contributed by atoms with Gasteiger partial charge in [0, 0.05) is 13.2 Å². The van der Waals surface area contributed by atoms with E-state index < -0.39 is 0 Å². The predicted molar refractivity (Wildman–Crippen MR) is 68.4 cm³/mol. The van der Waals surface area contributed by atoms with Crippen LogP contribution in [0.3, 0.4) is 0 Å². The zero-order valence-corrected chi connectivity index (χ0v) is 10.5. The van der Waals surface area contributed by atoms with E-state index in [9.17, 15) is 0 Å². The molecule has 7 heteroatoms. The van der Waals surface area contributed by atoms with Crippen molar-refractivity contribution < 1.29 is 9.47 Å². The zero-order valence-electron chi connectivity index (χ0n) is 10.5. The molecule has 7 nitrogen and oxygen atoms in total. The molecule has 1 aliphatic carbocycles. The normalized spacial score (nSPS) is 14.3. The average molecular weight is 253 g/mol. The monoisotopic (exact) mass is 253 g/mol. The summed E-state index contributed by atoms with van der Waals surface area (Å²) in [5.74, 6) is 7.68. The Morgan fingerprint density at radius 1 is 1.39 bits per heavy atom. The summed E-state index contributed by atoms with van der Waals surface area (Å²) < 4.78 is 10.7. The molecular formula is C11H19N5O2. The first kappa shape index (κ1) is 12.8. The van der Waals surface area contributed by atoms with Crippen LogP contribution in [0, 0.1) is 5.92 Å². The number of nitrogens with two attached hydrogens (primary N) is 1. The maximum Gasteiger partial charge on any atom is 0.205 e. The number of hydrazine groups is 1. The number of ether oxygens (including phenoxy) is 2. The van der Waals surface area contributed by atoms with Crippen molar-refractivity contribution in [3.05, 3.63) is 6.33 Å². The smallest absolute Gasteiger partial charge is 0.205 e. The van der Waals surface area contributed by atoms with Gasteiger partial charge >= 0.3 is 0 Å². The second-order valence-electron chi connectivity index (χ2n) is 4.19. The van der Waals surface area contributed by atoms with Gasteiger partial charge in [-0.25, -0.2) is 15.8 Å². The molecule has 1 aliphatic rings. The van der Waals surface area contributed by atoms with Crippen molar-refractivity contribution in [3.8, 4) is 5.75 Å². The van der Waals surface area contributed by atoms with Crippen molar-refractivity contribution in [2.45, 2.75) is 12.8 Å². The van der Waals surface area contributed by atoms with Gasteiger partial charge in [0.25, 0.3) is 0 Å². The second-order valence-corrected chi connectivity index (χ2v) is 4.19. The molecule has 0 spiro atoms. The highest BCUT2D eigenvalue weighted by Crippen LogP contribution is 2.29. The second kappa shape index (κ2) is 6.36. The van der Waals surface area contributed by atoms with E-state index in [1.165, 1.54) is 19.2 Å². The fourth-order valence-electron chi connectivity index (χ4n) is 1.57. The van der Waals surface area contributed by atoms with Crippen LogP contribution < -0.4 is 21.3 Å². The van der Waals surface area contributed by atoms with Crippen molar-refractivity contribution in [3.63, 3.8) is 0 Å². The lowest BCUT2D eigenvalue weighted by Gasteiger charge is -2.12. The van der Waals surface area contributed by atoms with Crippen LogP contribution in [0.15, 0.2) is 6.33 Å². The molecule has 1 fully saturated rings. The fourth-order valence-corrected chi connectivity index (χ4v) is 1.57. The van der Waals surface area contributed by atoms with Crippen molar-refractivity contribution in [1.29, 1.82) is 0 Å². The number of hydrogen-bond acceptors (Lipinski definition) is 7. The predicted octanol–water partition coefficient (Wildman–Crippen LogP) is 0.609. The molecule has 2 rings (SSSR count). The number of aromatic nitrogens is 2. The third-order valence-electron chi connectivity index (χ3n) is 2.73. The minimum Gasteiger partial charge on any atom is -0.490 e. The largest absolute Gasteiger partial charge is 0.490 e. The number of hydrogen-bond donors (Lipinski definition) is 3. The van der Waals surface area contributed by atoms with E-state index >= 15 is 0 Å². The number of nitrogens with zero attached hydrogens (tertiary/aromatic N) is 2. The Morgan fingerprint density at radius 2 is 2.17 bits per heavy atom. The van der Waals surface area contributed by atoms with Crippen LogP contribution in [0.1, 0.15) is 12.8 Å². The summed E-state index contributed by atoms with van der Waals surface area (Å²) in [6.07, 6.45) is 4.03. The van der Waals surface area contributed by atoms with E-state index in [4.69, 9.17) is 15.3 Å². The first-order chi connectivity index (χ1) is 8.85. The summed E-state index contributed by atoms with van der Waals surface area (Å²) in [4.78, 5) is 8.07. The lowest BCUT2D eigenvalue weighted by molar-refractivity contribution is 0.134. The average Bonchev–Trinajstić information content (AvgIpc) is 3.22. The lowest BCUT2D eigenvalue weighted by Crippen LogP contribution is -2.15. The van der Waals surface area contributed by atoms with Crippen LogP contribution in [-0.4, -0.2) is 36.8 Å². The molecule has 0 unspecified atom stereocenters. The Balaban J connectivity index is 1.79. The molecule has 1 heterocycles. The minimum atomic E-state index is 0.453. The van der Waals surface area contributed by atoms with Gasteiger partial charge in [-0.1, -0.05) is 0 Å². The molecular weight excluding hydrogens is 234 g/mol. The number of nitrogens with one attached hydrogen (secondary N) is 2. The Labute approximate surface area is 106 Å². The van der Waals surface area contributed by atoms with Gasteiger partial charge in [-0.2, -0.15) is 0 Å². The van der Waals surface area contributed by atoms with Gasteiger partial charge in [0.2, 0.25) is 5.75 Å². The number of methoxy groups -OCH3 is 1. The summed E-state index contributed by atoms with van der Waals surface area (Å²) in [6.45, 7) is 2.18. The van der Waals surface area contributed by atoms with Crippen LogP contribution in [0.2, 0.25) is 0 Å². The molecule has 0 bridgehead atoms. The Bertz CT molecular complexity index is 384. The van der Waals surface area contributed by atoms with E-state index in [0.29, 0.717) is 30.5 Å². The molecule has 0 saturated heterocycles. The van der Waals surface area contributed by atoms with Crippen LogP contribution in [0.25, 0.3) is 0 Å². The van der Waals surface area contributed by atoms with Crippen LogP contribution in [0.5, 0.6) is 5.75 Å². The molecule has 0 aliphatic heterocycles. The maximum atomic E-state index is 5.52. The van der Waals surface area contributed by atoms with E-state index in [1.807, 2.05) is 0 Å². The lowest BCUT2D eigenvalue weighted by atomic mass is 10.4. The van der Waals surface area contributed by atoms with Gasteiger partial charge in [-0.05, 0) is 18.8 Å². The van der Waals surface area contributed by atoms with Crippen molar-refractivity contribution in [2.75, 3.05) is 37.6 Å². The number of nitrogen functional groups attached to an aromatic ring is 1. The Morgan fingerprint density at radius 3 is 2.83 bits per heavy atom. The van der Waals surface area contributed by atoms with Gasteiger partial charge in [0.05, 0.1) is 13.7 Å². The Kier molecular flexibility index (Phi) is 4.54. The highest BCUT2D eigenvalue weighted by molar-refractivity contribution is 5.62. The molecule has 1 aromatic rings. The van der Waals surface area contributed by atoms with Crippen molar-refractivity contribution in [2.24, 2.45) is 11.8 Å². The molecule has 100 valence electrons. The maximum absolute atomic E-state index is 5.52. The SMILES string of the molecule is COc1c(NN)ncnc1NCCOCC1CC1. The number of rotatable bonds is 8. The molecule has 1 aromatic heterocycles. The highest BCUT2D eigenvalue weighted by Gasteiger charge is 2.20. The standard InChI is InChI=1S/C11H19N5O2/c1-17-9-10(14-7-15-11(9)16-12)13-4-5-18-6-8-2-3-8/h7-8H,2-6,12H2,1H3,(H2,13,14,15,16). The summed E-state index contributed by atoms with van der Waals surface area (Å²) in [5, 5.41) is 3.14. The zero-order chi connectivity index (χ0) is 12.8. The summed E-state index contributed by atoms with van der Waals surface area (Å²) in [7, 11) is 1.55. The molecule has 0 amide bonds. The first-order valence-corrected chi connectivity index (χ1v) is 6.02. The third kappa shape index (κ3) is 3.44. The molecule has 0 atom stereocenters.